The number of carboxylic acid groups (broad SMARTS) is 1. The Kier molecular flexibility index (Phi) is 7.19. The number of carboxylic acids is 1. The Balaban J connectivity index is 2.25. The molecule has 0 radical (unpaired) electrons. The van der Waals surface area contributed by atoms with Crippen molar-refractivity contribution < 1.29 is 14.6 Å². The van der Waals surface area contributed by atoms with Crippen LogP contribution in [0, 0.1) is 0 Å². The normalized spacial score (nSPS) is 12.3. The lowest BCUT2D eigenvalue weighted by molar-refractivity contribution is 0.0458. The summed E-state index contributed by atoms with van der Waals surface area (Å²) in [6, 6.07) is 6.86. The summed E-state index contributed by atoms with van der Waals surface area (Å²) in [6.45, 7) is 4.85. The molecule has 0 aromatic heterocycles. The van der Waals surface area contributed by atoms with Crippen LogP contribution in [0.5, 0.6) is 0 Å². The molecule has 3 nitrogen and oxygen atoms in total. The number of rotatable bonds is 9. The quantitative estimate of drug-likeness (QED) is 0.678. The number of hydrogen-bond acceptors (Lipinski definition) is 2. The highest BCUT2D eigenvalue weighted by atomic mass is 16.5. The minimum Gasteiger partial charge on any atom is -0.478 e. The maximum atomic E-state index is 10.7. The molecule has 0 amide bonds. The van der Waals surface area contributed by atoms with Crippen LogP contribution in [0.3, 0.4) is 0 Å². The first-order valence-corrected chi connectivity index (χ1v) is 7.07. The van der Waals surface area contributed by atoms with Crippen molar-refractivity contribution in [3.05, 3.63) is 35.4 Å². The zero-order valence-electron chi connectivity index (χ0n) is 11.9. The topological polar surface area (TPSA) is 46.5 Å². The smallest absolute Gasteiger partial charge is 0.335 e. The van der Waals surface area contributed by atoms with Crippen molar-refractivity contribution in [3.63, 3.8) is 0 Å². The van der Waals surface area contributed by atoms with Crippen LogP contribution in [-0.4, -0.2) is 17.2 Å². The SMILES string of the molecule is CCCCCCC(C)OCc1ccc(C(=O)O)cc1. The number of aromatic carboxylic acids is 1. The van der Waals surface area contributed by atoms with Crippen molar-refractivity contribution in [2.24, 2.45) is 0 Å². The van der Waals surface area contributed by atoms with E-state index >= 15 is 0 Å². The van der Waals surface area contributed by atoms with Gasteiger partial charge in [-0.2, -0.15) is 0 Å². The van der Waals surface area contributed by atoms with Crippen LogP contribution < -0.4 is 0 Å². The Morgan fingerprint density at radius 1 is 1.21 bits per heavy atom. The van der Waals surface area contributed by atoms with E-state index < -0.39 is 5.97 Å². The summed E-state index contributed by atoms with van der Waals surface area (Å²) in [6.07, 6.45) is 6.39. The molecule has 0 aliphatic rings. The van der Waals surface area contributed by atoms with Gasteiger partial charge in [0.2, 0.25) is 0 Å². The number of ether oxygens (including phenoxy) is 1. The molecule has 0 heterocycles. The van der Waals surface area contributed by atoms with Crippen LogP contribution in [0.25, 0.3) is 0 Å². The summed E-state index contributed by atoms with van der Waals surface area (Å²) in [7, 11) is 0. The van der Waals surface area contributed by atoms with E-state index in [-0.39, 0.29) is 6.10 Å². The molecule has 0 bridgehead atoms. The second-order valence-electron chi connectivity index (χ2n) is 4.97. The predicted octanol–water partition coefficient (Wildman–Crippen LogP) is 4.26. The molecule has 0 aliphatic carbocycles. The lowest BCUT2D eigenvalue weighted by Crippen LogP contribution is -2.08. The first-order chi connectivity index (χ1) is 9.13. The van der Waals surface area contributed by atoms with E-state index in [1.54, 1.807) is 12.1 Å². The van der Waals surface area contributed by atoms with E-state index in [9.17, 15) is 4.79 Å². The average molecular weight is 264 g/mol. The molecule has 3 heteroatoms. The van der Waals surface area contributed by atoms with Gasteiger partial charge in [-0.3, -0.25) is 0 Å². The summed E-state index contributed by atoms with van der Waals surface area (Å²) in [5.74, 6) is -0.892. The van der Waals surface area contributed by atoms with Gasteiger partial charge in [0.1, 0.15) is 0 Å². The van der Waals surface area contributed by atoms with Crippen LogP contribution >= 0.6 is 0 Å². The molecule has 19 heavy (non-hydrogen) atoms. The molecule has 0 spiro atoms. The molecule has 1 aromatic carbocycles. The highest BCUT2D eigenvalue weighted by Gasteiger charge is 2.04. The van der Waals surface area contributed by atoms with Gasteiger partial charge in [-0.1, -0.05) is 44.7 Å². The number of unbranched alkanes of at least 4 members (excludes halogenated alkanes) is 3. The van der Waals surface area contributed by atoms with Crippen molar-refractivity contribution in [1.29, 1.82) is 0 Å². The van der Waals surface area contributed by atoms with Crippen LogP contribution in [-0.2, 0) is 11.3 Å². The monoisotopic (exact) mass is 264 g/mol. The summed E-state index contributed by atoms with van der Waals surface area (Å²) < 4.78 is 5.76. The van der Waals surface area contributed by atoms with E-state index in [0.29, 0.717) is 12.2 Å². The van der Waals surface area contributed by atoms with E-state index in [4.69, 9.17) is 9.84 Å². The van der Waals surface area contributed by atoms with Gasteiger partial charge in [0, 0.05) is 0 Å². The van der Waals surface area contributed by atoms with Crippen molar-refractivity contribution >= 4 is 5.97 Å². The minimum atomic E-state index is -0.892. The van der Waals surface area contributed by atoms with Gasteiger partial charge in [-0.05, 0) is 31.0 Å². The average Bonchev–Trinajstić information content (AvgIpc) is 2.42. The van der Waals surface area contributed by atoms with Gasteiger partial charge in [0.05, 0.1) is 18.3 Å². The van der Waals surface area contributed by atoms with Gasteiger partial charge in [0.25, 0.3) is 0 Å². The minimum absolute atomic E-state index is 0.260. The van der Waals surface area contributed by atoms with E-state index in [2.05, 4.69) is 13.8 Å². The van der Waals surface area contributed by atoms with Crippen molar-refractivity contribution in [3.8, 4) is 0 Å². The Bertz CT molecular complexity index is 370. The molecular formula is C16H24O3. The summed E-state index contributed by atoms with van der Waals surface area (Å²) >= 11 is 0. The fraction of sp³-hybridized carbons (Fsp3) is 0.562. The Hall–Kier alpha value is -1.35. The Labute approximate surface area is 115 Å². The highest BCUT2D eigenvalue weighted by Crippen LogP contribution is 2.11. The number of carbonyl (C=O) groups is 1. The third-order valence-electron chi connectivity index (χ3n) is 3.20. The largest absolute Gasteiger partial charge is 0.478 e. The second kappa shape index (κ2) is 8.70. The van der Waals surface area contributed by atoms with E-state index in [1.165, 1.54) is 25.7 Å². The molecule has 1 unspecified atom stereocenters. The van der Waals surface area contributed by atoms with Crippen LogP contribution in [0.4, 0.5) is 0 Å². The van der Waals surface area contributed by atoms with Gasteiger partial charge < -0.3 is 9.84 Å². The first-order valence-electron chi connectivity index (χ1n) is 7.07. The fourth-order valence-corrected chi connectivity index (χ4v) is 1.92. The number of benzene rings is 1. The van der Waals surface area contributed by atoms with Gasteiger partial charge >= 0.3 is 5.97 Å². The third kappa shape index (κ3) is 6.39. The standard InChI is InChI=1S/C16H24O3/c1-3-4-5-6-7-13(2)19-12-14-8-10-15(11-9-14)16(17)18/h8-11,13H,3-7,12H2,1-2H3,(H,17,18). The van der Waals surface area contributed by atoms with E-state index in [0.717, 1.165) is 12.0 Å². The van der Waals surface area contributed by atoms with Crippen molar-refractivity contribution in [2.45, 2.75) is 58.7 Å². The summed E-state index contributed by atoms with van der Waals surface area (Å²) in [5, 5.41) is 8.80. The third-order valence-corrected chi connectivity index (χ3v) is 3.20. The van der Waals surface area contributed by atoms with Gasteiger partial charge in [-0.15, -0.1) is 0 Å². The van der Waals surface area contributed by atoms with Gasteiger partial charge in [-0.25, -0.2) is 4.79 Å². The maximum absolute atomic E-state index is 10.7. The van der Waals surface area contributed by atoms with Crippen molar-refractivity contribution in [2.75, 3.05) is 0 Å². The Morgan fingerprint density at radius 2 is 1.89 bits per heavy atom. The molecule has 0 saturated heterocycles. The van der Waals surface area contributed by atoms with Gasteiger partial charge in [0.15, 0.2) is 0 Å². The molecule has 1 N–H and O–H groups in total. The first kappa shape index (κ1) is 15.7. The molecule has 106 valence electrons. The number of hydrogen-bond donors (Lipinski definition) is 1. The fourth-order valence-electron chi connectivity index (χ4n) is 1.92. The lowest BCUT2D eigenvalue weighted by Gasteiger charge is -2.13. The molecule has 0 saturated carbocycles. The second-order valence-corrected chi connectivity index (χ2v) is 4.97. The zero-order valence-corrected chi connectivity index (χ0v) is 11.9. The summed E-state index contributed by atoms with van der Waals surface area (Å²) in [4.78, 5) is 10.7. The maximum Gasteiger partial charge on any atom is 0.335 e. The van der Waals surface area contributed by atoms with E-state index in [1.807, 2.05) is 12.1 Å². The van der Waals surface area contributed by atoms with Crippen LogP contribution in [0.15, 0.2) is 24.3 Å². The predicted molar refractivity (Wildman–Crippen MR) is 76.4 cm³/mol. The lowest BCUT2D eigenvalue weighted by atomic mass is 10.1. The zero-order chi connectivity index (χ0) is 14.1. The molecule has 1 aromatic rings. The van der Waals surface area contributed by atoms with Crippen LogP contribution in [0.2, 0.25) is 0 Å². The summed E-state index contributed by atoms with van der Waals surface area (Å²) in [5.41, 5.74) is 1.33. The highest BCUT2D eigenvalue weighted by molar-refractivity contribution is 5.87. The molecule has 0 aliphatic heterocycles. The van der Waals surface area contributed by atoms with Crippen molar-refractivity contribution in [1.82, 2.24) is 0 Å². The van der Waals surface area contributed by atoms with Crippen LogP contribution in [0.1, 0.15) is 61.9 Å². The molecule has 1 atom stereocenters. The molecule has 1 rings (SSSR count). The molecular weight excluding hydrogens is 240 g/mol. The Morgan fingerprint density at radius 3 is 2.47 bits per heavy atom. The molecule has 0 fully saturated rings.